The van der Waals surface area contributed by atoms with Crippen molar-refractivity contribution in [3.8, 4) is 0 Å². The molecule has 0 aliphatic carbocycles. The molecule has 0 saturated carbocycles. The fraction of sp³-hybridized carbons (Fsp3) is 0.435. The van der Waals surface area contributed by atoms with E-state index in [4.69, 9.17) is 4.74 Å². The highest BCUT2D eigenvalue weighted by molar-refractivity contribution is 5.82. The van der Waals surface area contributed by atoms with Crippen molar-refractivity contribution in [2.75, 3.05) is 19.9 Å². The Labute approximate surface area is 181 Å². The third-order valence-electron chi connectivity index (χ3n) is 5.29. The van der Waals surface area contributed by atoms with Crippen LogP contribution in [-0.4, -0.2) is 49.1 Å². The highest BCUT2D eigenvalue weighted by Crippen LogP contribution is 2.13. The molecule has 0 unspecified atom stereocenters. The van der Waals surface area contributed by atoms with Gasteiger partial charge in [0.05, 0.1) is 25.5 Å². The van der Waals surface area contributed by atoms with E-state index >= 15 is 0 Å². The fourth-order valence-electron chi connectivity index (χ4n) is 3.58. The largest absolute Gasteiger partial charge is 0.390 e. The number of carbonyl (C=O) groups excluding carboxylic acids is 1. The van der Waals surface area contributed by atoms with E-state index < -0.39 is 29.8 Å². The van der Waals surface area contributed by atoms with E-state index in [0.29, 0.717) is 12.1 Å². The molecule has 1 saturated heterocycles. The number of hydrogen-bond acceptors (Lipinski definition) is 5. The molecular weight excluding hydrogens is 404 g/mol. The maximum absolute atomic E-state index is 13.6. The highest BCUT2D eigenvalue weighted by atomic mass is 19.1. The highest BCUT2D eigenvalue weighted by Gasteiger charge is 2.28. The van der Waals surface area contributed by atoms with Crippen LogP contribution in [0, 0.1) is 11.6 Å². The van der Waals surface area contributed by atoms with Gasteiger partial charge in [-0.1, -0.05) is 31.2 Å². The number of rotatable bonds is 10. The zero-order valence-corrected chi connectivity index (χ0v) is 17.5. The molecule has 31 heavy (non-hydrogen) atoms. The maximum atomic E-state index is 13.6. The number of ether oxygens (including phenoxy) is 1. The van der Waals surface area contributed by atoms with Crippen LogP contribution in [0.1, 0.15) is 23.6 Å². The number of halogens is 2. The van der Waals surface area contributed by atoms with Crippen molar-refractivity contribution in [2.24, 2.45) is 0 Å². The average Bonchev–Trinajstić information content (AvgIpc) is 3.28. The number of aliphatic hydroxyl groups excluding tert-OH is 1. The second-order valence-electron chi connectivity index (χ2n) is 7.74. The Morgan fingerprint density at radius 1 is 1.19 bits per heavy atom. The minimum Gasteiger partial charge on any atom is -0.390 e. The van der Waals surface area contributed by atoms with E-state index in [9.17, 15) is 18.7 Å². The standard InChI is InChI=1S/C23H29F2N3O3/c1-2-15-4-3-5-16(6-15)11-26-12-22(29)20(28-23(30)21-13-31-14-27-21)9-17-7-18(24)10-19(25)8-17/h3-8,10,20-22,26-27,29H,2,9,11-14H2,1H3,(H,28,30)/t20-,21+,22+/m0/s1. The topological polar surface area (TPSA) is 82.6 Å². The smallest absolute Gasteiger partial charge is 0.239 e. The Morgan fingerprint density at radius 2 is 1.94 bits per heavy atom. The van der Waals surface area contributed by atoms with Gasteiger partial charge in [-0.25, -0.2) is 8.78 Å². The normalized spacial score (nSPS) is 18.0. The van der Waals surface area contributed by atoms with E-state index in [-0.39, 0.29) is 32.2 Å². The van der Waals surface area contributed by atoms with Gasteiger partial charge in [-0.2, -0.15) is 0 Å². The summed E-state index contributed by atoms with van der Waals surface area (Å²) in [7, 11) is 0. The Hall–Kier alpha value is -2.39. The van der Waals surface area contributed by atoms with Crippen LogP contribution in [0.5, 0.6) is 0 Å². The van der Waals surface area contributed by atoms with Gasteiger partial charge >= 0.3 is 0 Å². The molecular formula is C23H29F2N3O3. The van der Waals surface area contributed by atoms with Gasteiger partial charge in [0, 0.05) is 19.2 Å². The number of nitrogens with one attached hydrogen (secondary N) is 3. The minimum absolute atomic E-state index is 0.0855. The summed E-state index contributed by atoms with van der Waals surface area (Å²) in [6.45, 7) is 3.35. The van der Waals surface area contributed by atoms with Crippen LogP contribution in [0.2, 0.25) is 0 Å². The summed E-state index contributed by atoms with van der Waals surface area (Å²) in [6, 6.07) is 10.1. The average molecular weight is 433 g/mol. The van der Waals surface area contributed by atoms with E-state index in [1.54, 1.807) is 0 Å². The van der Waals surface area contributed by atoms with E-state index in [2.05, 4.69) is 35.0 Å². The molecule has 3 rings (SSSR count). The second-order valence-corrected chi connectivity index (χ2v) is 7.74. The number of hydrogen-bond donors (Lipinski definition) is 4. The van der Waals surface area contributed by atoms with Crippen molar-refractivity contribution in [3.05, 3.63) is 70.8 Å². The van der Waals surface area contributed by atoms with Crippen LogP contribution < -0.4 is 16.0 Å². The molecule has 0 radical (unpaired) electrons. The maximum Gasteiger partial charge on any atom is 0.239 e. The number of amides is 1. The first-order chi connectivity index (χ1) is 14.9. The molecule has 2 aromatic carbocycles. The van der Waals surface area contributed by atoms with Crippen LogP contribution in [-0.2, 0) is 28.9 Å². The van der Waals surface area contributed by atoms with Gasteiger partial charge in [-0.05, 0) is 41.7 Å². The molecule has 1 fully saturated rings. The van der Waals surface area contributed by atoms with Crippen LogP contribution in [0.25, 0.3) is 0 Å². The predicted octanol–water partition coefficient (Wildman–Crippen LogP) is 1.65. The summed E-state index contributed by atoms with van der Waals surface area (Å²) in [4.78, 5) is 12.5. The molecule has 0 aromatic heterocycles. The zero-order valence-electron chi connectivity index (χ0n) is 17.5. The van der Waals surface area contributed by atoms with E-state index in [1.165, 1.54) is 17.7 Å². The van der Waals surface area contributed by atoms with Gasteiger partial charge in [-0.3, -0.25) is 10.1 Å². The van der Waals surface area contributed by atoms with Gasteiger partial charge in [0.1, 0.15) is 17.7 Å². The van der Waals surface area contributed by atoms with Gasteiger partial charge in [-0.15, -0.1) is 0 Å². The van der Waals surface area contributed by atoms with E-state index in [0.717, 1.165) is 18.1 Å². The summed E-state index contributed by atoms with van der Waals surface area (Å²) in [5, 5.41) is 19.7. The third kappa shape index (κ3) is 7.07. The fourth-order valence-corrected chi connectivity index (χ4v) is 3.58. The van der Waals surface area contributed by atoms with Crippen LogP contribution in [0.15, 0.2) is 42.5 Å². The van der Waals surface area contributed by atoms with Crippen molar-refractivity contribution >= 4 is 5.91 Å². The summed E-state index contributed by atoms with van der Waals surface area (Å²) in [5.74, 6) is -1.72. The number of aliphatic hydroxyl groups is 1. The summed E-state index contributed by atoms with van der Waals surface area (Å²) >= 11 is 0. The first-order valence-electron chi connectivity index (χ1n) is 10.5. The van der Waals surface area contributed by atoms with Crippen LogP contribution in [0.4, 0.5) is 8.78 Å². The van der Waals surface area contributed by atoms with Crippen molar-refractivity contribution in [3.63, 3.8) is 0 Å². The number of benzene rings is 2. The number of aryl methyl sites for hydroxylation is 1. The summed E-state index contributed by atoms with van der Waals surface area (Å²) < 4.78 is 32.4. The molecule has 4 N–H and O–H groups in total. The minimum atomic E-state index is -0.966. The first-order valence-corrected chi connectivity index (χ1v) is 10.5. The Kier molecular flexibility index (Phi) is 8.48. The van der Waals surface area contributed by atoms with Crippen LogP contribution >= 0.6 is 0 Å². The van der Waals surface area contributed by atoms with Crippen LogP contribution in [0.3, 0.4) is 0 Å². The quantitative estimate of drug-likeness (QED) is 0.458. The number of carbonyl (C=O) groups is 1. The lowest BCUT2D eigenvalue weighted by Gasteiger charge is -2.26. The molecule has 6 nitrogen and oxygen atoms in total. The lowest BCUT2D eigenvalue weighted by molar-refractivity contribution is -0.124. The lowest BCUT2D eigenvalue weighted by Crippen LogP contribution is -2.53. The van der Waals surface area contributed by atoms with Gasteiger partial charge in [0.15, 0.2) is 0 Å². The Morgan fingerprint density at radius 3 is 2.61 bits per heavy atom. The van der Waals surface area contributed by atoms with Gasteiger partial charge in [0.25, 0.3) is 0 Å². The first kappa shape index (κ1) is 23.3. The molecule has 1 aliphatic heterocycles. The summed E-state index contributed by atoms with van der Waals surface area (Å²) in [5.41, 5.74) is 2.67. The summed E-state index contributed by atoms with van der Waals surface area (Å²) in [6.07, 6.45) is 0.0579. The molecule has 0 spiro atoms. The predicted molar refractivity (Wildman–Crippen MR) is 113 cm³/mol. The van der Waals surface area contributed by atoms with E-state index in [1.807, 2.05) is 12.1 Å². The zero-order chi connectivity index (χ0) is 22.2. The molecule has 3 atom stereocenters. The van der Waals surface area contributed by atoms with Crippen molar-refractivity contribution in [1.29, 1.82) is 0 Å². The second kappa shape index (κ2) is 11.3. The molecule has 0 bridgehead atoms. The molecule has 1 amide bonds. The van der Waals surface area contributed by atoms with Gasteiger partial charge in [0.2, 0.25) is 5.91 Å². The molecule has 1 aliphatic rings. The molecule has 8 heteroatoms. The monoisotopic (exact) mass is 433 g/mol. The van der Waals surface area contributed by atoms with Crippen molar-refractivity contribution in [2.45, 2.75) is 44.5 Å². The van der Waals surface area contributed by atoms with Crippen molar-refractivity contribution < 1.29 is 23.4 Å². The Bertz CT molecular complexity index is 855. The molecule has 168 valence electrons. The lowest BCUT2D eigenvalue weighted by atomic mass is 10.00. The Balaban J connectivity index is 1.63. The van der Waals surface area contributed by atoms with Gasteiger partial charge < -0.3 is 20.5 Å². The molecule has 2 aromatic rings. The van der Waals surface area contributed by atoms with Crippen molar-refractivity contribution in [1.82, 2.24) is 16.0 Å². The third-order valence-corrected chi connectivity index (χ3v) is 5.29. The SMILES string of the molecule is CCc1cccc(CNC[C@@H](O)[C@H](Cc2cc(F)cc(F)c2)NC(=O)[C@H]2COCN2)c1. The molecule has 1 heterocycles.